The molecule has 1 saturated carbocycles. The zero-order valence-corrected chi connectivity index (χ0v) is 12.6. The summed E-state index contributed by atoms with van der Waals surface area (Å²) in [6, 6.07) is 0. The van der Waals surface area contributed by atoms with Gasteiger partial charge >= 0.3 is 5.97 Å². The standard InChI is InChI=1S/C15H26O5/c1-5-15(3,4)14(17)20-13-8-7-11(9-12(13)16)19-10-18-6-2/h6,11-13,16H,2,5,7-10H2,1,3-4H3. The molecule has 0 aromatic rings. The summed E-state index contributed by atoms with van der Waals surface area (Å²) in [4.78, 5) is 12.0. The fourth-order valence-electron chi connectivity index (χ4n) is 2.00. The summed E-state index contributed by atoms with van der Waals surface area (Å²) < 4.78 is 15.8. The van der Waals surface area contributed by atoms with Crippen LogP contribution in [0.5, 0.6) is 0 Å². The average molecular weight is 286 g/mol. The van der Waals surface area contributed by atoms with Crippen molar-refractivity contribution in [2.24, 2.45) is 5.41 Å². The zero-order valence-electron chi connectivity index (χ0n) is 12.6. The van der Waals surface area contributed by atoms with Gasteiger partial charge in [0.1, 0.15) is 6.10 Å². The third-order valence-electron chi connectivity index (χ3n) is 3.89. The third-order valence-corrected chi connectivity index (χ3v) is 3.89. The second-order valence-electron chi connectivity index (χ2n) is 5.80. The monoisotopic (exact) mass is 286 g/mol. The minimum absolute atomic E-state index is 0.0703. The molecule has 1 rings (SSSR count). The van der Waals surface area contributed by atoms with Crippen LogP contribution >= 0.6 is 0 Å². The molecule has 0 bridgehead atoms. The quantitative estimate of drug-likeness (QED) is 0.337. The molecule has 0 aliphatic heterocycles. The van der Waals surface area contributed by atoms with E-state index in [4.69, 9.17) is 14.2 Å². The highest BCUT2D eigenvalue weighted by atomic mass is 16.7. The Kier molecular flexibility index (Phi) is 6.49. The molecule has 0 radical (unpaired) electrons. The first-order chi connectivity index (χ1) is 9.40. The molecule has 0 saturated heterocycles. The number of carbonyl (C=O) groups excluding carboxylic acids is 1. The summed E-state index contributed by atoms with van der Waals surface area (Å²) >= 11 is 0. The molecule has 5 nitrogen and oxygen atoms in total. The predicted octanol–water partition coefficient (Wildman–Crippen LogP) is 2.38. The van der Waals surface area contributed by atoms with E-state index in [1.54, 1.807) is 0 Å². The van der Waals surface area contributed by atoms with Gasteiger partial charge in [-0.15, -0.1) is 0 Å². The van der Waals surface area contributed by atoms with Gasteiger partial charge < -0.3 is 19.3 Å². The largest absolute Gasteiger partial charge is 0.476 e. The van der Waals surface area contributed by atoms with Crippen molar-refractivity contribution in [1.29, 1.82) is 0 Å². The minimum Gasteiger partial charge on any atom is -0.476 e. The van der Waals surface area contributed by atoms with Gasteiger partial charge in [-0.3, -0.25) is 4.79 Å². The SMILES string of the molecule is C=COCOC1CCC(OC(=O)C(C)(C)CC)C(O)C1. The lowest BCUT2D eigenvalue weighted by Gasteiger charge is -2.34. The predicted molar refractivity (Wildman–Crippen MR) is 74.8 cm³/mol. The van der Waals surface area contributed by atoms with Crippen LogP contribution in [0.25, 0.3) is 0 Å². The number of aliphatic hydroxyl groups is 1. The number of carbonyl (C=O) groups is 1. The van der Waals surface area contributed by atoms with Gasteiger partial charge in [0.05, 0.1) is 23.9 Å². The topological polar surface area (TPSA) is 65.0 Å². The molecule has 0 spiro atoms. The Morgan fingerprint density at radius 1 is 1.45 bits per heavy atom. The first-order valence-corrected chi connectivity index (χ1v) is 7.14. The van der Waals surface area contributed by atoms with E-state index in [0.717, 1.165) is 6.42 Å². The Labute approximate surface area is 120 Å². The maximum atomic E-state index is 12.0. The molecule has 3 unspecified atom stereocenters. The molecular weight excluding hydrogens is 260 g/mol. The van der Waals surface area contributed by atoms with Crippen molar-refractivity contribution in [3.05, 3.63) is 12.8 Å². The Morgan fingerprint density at radius 3 is 2.70 bits per heavy atom. The molecular formula is C15H26O5. The van der Waals surface area contributed by atoms with Crippen LogP contribution in [-0.4, -0.2) is 36.2 Å². The highest BCUT2D eigenvalue weighted by molar-refractivity contribution is 5.76. The third kappa shape index (κ3) is 4.80. The number of ether oxygens (including phenoxy) is 3. The first kappa shape index (κ1) is 17.0. The lowest BCUT2D eigenvalue weighted by molar-refractivity contribution is -0.174. The minimum atomic E-state index is -0.686. The molecule has 0 aromatic heterocycles. The molecule has 3 atom stereocenters. The van der Waals surface area contributed by atoms with Crippen LogP contribution in [0.3, 0.4) is 0 Å². The molecule has 1 N–H and O–H groups in total. The van der Waals surface area contributed by atoms with Crippen molar-refractivity contribution in [2.75, 3.05) is 6.79 Å². The second kappa shape index (κ2) is 7.64. The highest BCUT2D eigenvalue weighted by Crippen LogP contribution is 2.28. The number of hydrogen-bond acceptors (Lipinski definition) is 5. The van der Waals surface area contributed by atoms with Crippen LogP contribution < -0.4 is 0 Å². The number of aliphatic hydroxyl groups excluding tert-OH is 1. The van der Waals surface area contributed by atoms with Gasteiger partial charge in [-0.1, -0.05) is 13.5 Å². The molecule has 5 heteroatoms. The van der Waals surface area contributed by atoms with Gasteiger partial charge in [-0.25, -0.2) is 0 Å². The van der Waals surface area contributed by atoms with E-state index in [1.165, 1.54) is 6.26 Å². The van der Waals surface area contributed by atoms with Crippen LogP contribution in [0.4, 0.5) is 0 Å². The smallest absolute Gasteiger partial charge is 0.311 e. The molecule has 1 aliphatic carbocycles. The maximum Gasteiger partial charge on any atom is 0.311 e. The summed E-state index contributed by atoms with van der Waals surface area (Å²) in [7, 11) is 0. The van der Waals surface area contributed by atoms with Gasteiger partial charge in [-0.2, -0.15) is 0 Å². The van der Waals surface area contributed by atoms with E-state index in [1.807, 2.05) is 20.8 Å². The van der Waals surface area contributed by atoms with Crippen LogP contribution in [0.1, 0.15) is 46.5 Å². The summed E-state index contributed by atoms with van der Waals surface area (Å²) in [5.74, 6) is -0.251. The van der Waals surface area contributed by atoms with Gasteiger partial charge in [0.2, 0.25) is 0 Å². The molecule has 116 valence electrons. The zero-order chi connectivity index (χ0) is 15.2. The van der Waals surface area contributed by atoms with E-state index in [9.17, 15) is 9.90 Å². The van der Waals surface area contributed by atoms with Crippen LogP contribution in [0.2, 0.25) is 0 Å². The fourth-order valence-corrected chi connectivity index (χ4v) is 2.00. The van der Waals surface area contributed by atoms with Crippen molar-refractivity contribution in [3.63, 3.8) is 0 Å². The average Bonchev–Trinajstić information content (AvgIpc) is 2.41. The van der Waals surface area contributed by atoms with Gasteiger partial charge in [0.15, 0.2) is 6.79 Å². The Balaban J connectivity index is 2.41. The van der Waals surface area contributed by atoms with E-state index in [2.05, 4.69) is 6.58 Å². The van der Waals surface area contributed by atoms with Crippen LogP contribution in [0.15, 0.2) is 12.8 Å². The summed E-state index contributed by atoms with van der Waals surface area (Å²) in [6.45, 7) is 9.21. The van der Waals surface area contributed by atoms with E-state index >= 15 is 0 Å². The maximum absolute atomic E-state index is 12.0. The van der Waals surface area contributed by atoms with Crippen molar-refractivity contribution >= 4 is 5.97 Å². The van der Waals surface area contributed by atoms with Crippen LogP contribution in [-0.2, 0) is 19.0 Å². The number of esters is 1. The summed E-state index contributed by atoms with van der Waals surface area (Å²) in [5.41, 5.74) is -0.509. The van der Waals surface area contributed by atoms with Crippen molar-refractivity contribution < 1.29 is 24.1 Å². The summed E-state index contributed by atoms with van der Waals surface area (Å²) in [6.07, 6.45) is 2.62. The van der Waals surface area contributed by atoms with Crippen molar-refractivity contribution in [1.82, 2.24) is 0 Å². The van der Waals surface area contributed by atoms with Gasteiger partial charge in [0, 0.05) is 6.42 Å². The lowest BCUT2D eigenvalue weighted by Crippen LogP contribution is -2.42. The van der Waals surface area contributed by atoms with Crippen molar-refractivity contribution in [2.45, 2.75) is 64.8 Å². The Bertz CT molecular complexity index is 326. The van der Waals surface area contributed by atoms with E-state index < -0.39 is 17.6 Å². The number of rotatable bonds is 7. The summed E-state index contributed by atoms with van der Waals surface area (Å²) in [5, 5.41) is 10.1. The first-order valence-electron chi connectivity index (χ1n) is 7.14. The van der Waals surface area contributed by atoms with Gasteiger partial charge in [0.25, 0.3) is 0 Å². The Morgan fingerprint density at radius 2 is 2.15 bits per heavy atom. The molecule has 1 aliphatic rings. The highest BCUT2D eigenvalue weighted by Gasteiger charge is 2.36. The molecule has 0 heterocycles. The fraction of sp³-hybridized carbons (Fsp3) is 0.800. The van der Waals surface area contributed by atoms with E-state index in [-0.39, 0.29) is 18.9 Å². The lowest BCUT2D eigenvalue weighted by atomic mass is 9.89. The van der Waals surface area contributed by atoms with Crippen LogP contribution in [0, 0.1) is 5.41 Å². The molecule has 1 fully saturated rings. The molecule has 0 amide bonds. The molecule has 20 heavy (non-hydrogen) atoms. The van der Waals surface area contributed by atoms with E-state index in [0.29, 0.717) is 19.3 Å². The second-order valence-corrected chi connectivity index (χ2v) is 5.80. The Hall–Kier alpha value is -1.07. The number of hydrogen-bond donors (Lipinski definition) is 1. The molecule has 0 aromatic carbocycles. The normalized spacial score (nSPS) is 26.9. The van der Waals surface area contributed by atoms with Gasteiger partial charge in [-0.05, 0) is 33.1 Å². The van der Waals surface area contributed by atoms with Crippen molar-refractivity contribution in [3.8, 4) is 0 Å².